The number of rotatable bonds is 6. The third-order valence-electron chi connectivity index (χ3n) is 2.21. The van der Waals surface area contributed by atoms with Crippen molar-refractivity contribution in [2.45, 2.75) is 58.2 Å². The van der Waals surface area contributed by atoms with Gasteiger partial charge >= 0.3 is 12.1 Å². The summed E-state index contributed by atoms with van der Waals surface area (Å²) >= 11 is 0. The Labute approximate surface area is 99.8 Å². The maximum Gasteiger partial charge on any atom is 0.389 e. The highest BCUT2D eigenvalue weighted by molar-refractivity contribution is 5.87. The molecule has 0 heterocycles. The first-order valence-electron chi connectivity index (χ1n) is 5.49. The van der Waals surface area contributed by atoms with Gasteiger partial charge in [0.2, 0.25) is 0 Å². The summed E-state index contributed by atoms with van der Waals surface area (Å²) in [7, 11) is 0. The number of ether oxygens (including phenoxy) is 1. The molecule has 17 heavy (non-hydrogen) atoms. The molecule has 0 unspecified atom stereocenters. The van der Waals surface area contributed by atoms with Gasteiger partial charge in [-0.05, 0) is 40.0 Å². The van der Waals surface area contributed by atoms with E-state index in [-0.39, 0.29) is 12.0 Å². The van der Waals surface area contributed by atoms with Crippen LogP contribution < -0.4 is 0 Å². The second-order valence-electron chi connectivity index (χ2n) is 4.75. The number of esters is 1. The standard InChI is InChI=1S/C12H19F3O2/c1-9(2)10(16)17-11(3,4)7-5-6-8-12(13,14)15/h1,5-8H2,2-4H3. The van der Waals surface area contributed by atoms with Crippen molar-refractivity contribution in [1.82, 2.24) is 0 Å². The fraction of sp³-hybridized carbons (Fsp3) is 0.750. The summed E-state index contributed by atoms with van der Waals surface area (Å²) < 4.78 is 40.8. The second-order valence-corrected chi connectivity index (χ2v) is 4.75. The third kappa shape index (κ3) is 8.77. The van der Waals surface area contributed by atoms with Crippen molar-refractivity contribution in [3.63, 3.8) is 0 Å². The van der Waals surface area contributed by atoms with Gasteiger partial charge in [-0.1, -0.05) is 6.58 Å². The lowest BCUT2D eigenvalue weighted by molar-refractivity contribution is -0.153. The van der Waals surface area contributed by atoms with Crippen LogP contribution in [0.4, 0.5) is 13.2 Å². The Bertz CT molecular complexity index is 280. The number of hydrogen-bond donors (Lipinski definition) is 0. The van der Waals surface area contributed by atoms with Crippen LogP contribution in [0.1, 0.15) is 46.5 Å². The predicted molar refractivity (Wildman–Crippen MR) is 59.5 cm³/mol. The van der Waals surface area contributed by atoms with Gasteiger partial charge in [0, 0.05) is 12.0 Å². The number of hydrogen-bond acceptors (Lipinski definition) is 2. The predicted octanol–water partition coefficient (Wildman–Crippen LogP) is 4.01. The lowest BCUT2D eigenvalue weighted by Crippen LogP contribution is -2.28. The Balaban J connectivity index is 3.94. The summed E-state index contributed by atoms with van der Waals surface area (Å²) in [6.45, 7) is 8.34. The monoisotopic (exact) mass is 252 g/mol. The third-order valence-corrected chi connectivity index (χ3v) is 2.21. The maximum absolute atomic E-state index is 11.9. The van der Waals surface area contributed by atoms with Crippen LogP contribution in [0.2, 0.25) is 0 Å². The molecule has 0 N–H and O–H groups in total. The molecule has 0 spiro atoms. The van der Waals surface area contributed by atoms with Crippen LogP contribution in [0.5, 0.6) is 0 Å². The Morgan fingerprint density at radius 3 is 2.06 bits per heavy atom. The smallest absolute Gasteiger partial charge is 0.389 e. The molecular formula is C12H19F3O2. The Morgan fingerprint density at radius 2 is 1.65 bits per heavy atom. The van der Waals surface area contributed by atoms with Gasteiger partial charge in [-0.25, -0.2) is 4.79 Å². The SMILES string of the molecule is C=C(C)C(=O)OC(C)(C)CCCCC(F)(F)F. The molecule has 0 amide bonds. The van der Waals surface area contributed by atoms with Crippen LogP contribution in [-0.2, 0) is 9.53 Å². The quantitative estimate of drug-likeness (QED) is 0.405. The van der Waals surface area contributed by atoms with Gasteiger partial charge in [-0.3, -0.25) is 0 Å². The Morgan fingerprint density at radius 1 is 1.18 bits per heavy atom. The molecular weight excluding hydrogens is 233 g/mol. The molecule has 0 fully saturated rings. The van der Waals surface area contributed by atoms with Crippen LogP contribution >= 0.6 is 0 Å². The van der Waals surface area contributed by atoms with Crippen molar-refractivity contribution < 1.29 is 22.7 Å². The maximum atomic E-state index is 11.9. The van der Waals surface area contributed by atoms with E-state index in [0.29, 0.717) is 12.8 Å². The fourth-order valence-corrected chi connectivity index (χ4v) is 1.27. The molecule has 2 nitrogen and oxygen atoms in total. The zero-order valence-corrected chi connectivity index (χ0v) is 10.5. The fourth-order valence-electron chi connectivity index (χ4n) is 1.27. The van der Waals surface area contributed by atoms with E-state index in [0.717, 1.165) is 0 Å². The topological polar surface area (TPSA) is 26.3 Å². The zero-order chi connectivity index (χ0) is 13.7. The van der Waals surface area contributed by atoms with E-state index < -0.39 is 24.2 Å². The number of carbonyl (C=O) groups is 1. The van der Waals surface area contributed by atoms with Crippen LogP contribution in [-0.4, -0.2) is 17.7 Å². The van der Waals surface area contributed by atoms with Crippen LogP contribution in [0.25, 0.3) is 0 Å². The molecule has 0 aliphatic heterocycles. The van der Waals surface area contributed by atoms with Crippen molar-refractivity contribution in [2.24, 2.45) is 0 Å². The summed E-state index contributed by atoms with van der Waals surface area (Å²) in [5.74, 6) is -0.508. The molecule has 0 aromatic carbocycles. The van der Waals surface area contributed by atoms with E-state index in [4.69, 9.17) is 4.74 Å². The molecule has 0 saturated heterocycles. The minimum atomic E-state index is -4.11. The average Bonchev–Trinajstić information content (AvgIpc) is 2.10. The van der Waals surface area contributed by atoms with E-state index >= 15 is 0 Å². The van der Waals surface area contributed by atoms with E-state index in [1.165, 1.54) is 6.92 Å². The summed E-state index contributed by atoms with van der Waals surface area (Å²) in [5, 5.41) is 0. The highest BCUT2D eigenvalue weighted by atomic mass is 19.4. The van der Waals surface area contributed by atoms with Crippen LogP contribution in [0, 0.1) is 0 Å². The van der Waals surface area contributed by atoms with E-state index in [1.807, 2.05) is 0 Å². The molecule has 0 aromatic rings. The van der Waals surface area contributed by atoms with Crippen molar-refractivity contribution in [1.29, 1.82) is 0 Å². The van der Waals surface area contributed by atoms with E-state index in [9.17, 15) is 18.0 Å². The van der Waals surface area contributed by atoms with Gasteiger partial charge in [-0.15, -0.1) is 0 Å². The lowest BCUT2D eigenvalue weighted by atomic mass is 10.00. The second kappa shape index (κ2) is 6.07. The zero-order valence-electron chi connectivity index (χ0n) is 10.5. The molecule has 0 aliphatic rings. The summed E-state index contributed by atoms with van der Waals surface area (Å²) in [4.78, 5) is 11.2. The molecule has 0 radical (unpaired) electrons. The minimum Gasteiger partial charge on any atom is -0.456 e. The highest BCUT2D eigenvalue weighted by Gasteiger charge is 2.27. The number of halogens is 3. The molecule has 0 aliphatic carbocycles. The molecule has 0 atom stereocenters. The first kappa shape index (κ1) is 16.0. The molecule has 100 valence electrons. The first-order chi connectivity index (χ1) is 7.53. The summed E-state index contributed by atoms with van der Waals surface area (Å²) in [6.07, 6.45) is -4.08. The number of unbranched alkanes of at least 4 members (excludes halogenated alkanes) is 1. The van der Waals surface area contributed by atoms with Gasteiger partial charge in [0.25, 0.3) is 0 Å². The van der Waals surface area contributed by atoms with Crippen molar-refractivity contribution in [3.05, 3.63) is 12.2 Å². The summed E-state index contributed by atoms with van der Waals surface area (Å²) in [6, 6.07) is 0. The first-order valence-corrected chi connectivity index (χ1v) is 5.49. The Kier molecular flexibility index (Phi) is 5.72. The minimum absolute atomic E-state index is 0.0531. The molecule has 0 rings (SSSR count). The van der Waals surface area contributed by atoms with E-state index in [1.54, 1.807) is 13.8 Å². The highest BCUT2D eigenvalue weighted by Crippen LogP contribution is 2.25. The molecule has 5 heteroatoms. The molecule has 0 saturated carbocycles. The van der Waals surface area contributed by atoms with Gasteiger partial charge in [-0.2, -0.15) is 13.2 Å². The van der Waals surface area contributed by atoms with Crippen LogP contribution in [0.15, 0.2) is 12.2 Å². The Hall–Kier alpha value is -1.00. The van der Waals surface area contributed by atoms with Gasteiger partial charge in [0.1, 0.15) is 5.60 Å². The van der Waals surface area contributed by atoms with Gasteiger partial charge in [0.15, 0.2) is 0 Å². The van der Waals surface area contributed by atoms with Crippen LogP contribution in [0.3, 0.4) is 0 Å². The van der Waals surface area contributed by atoms with Gasteiger partial charge in [0.05, 0.1) is 0 Å². The lowest BCUT2D eigenvalue weighted by Gasteiger charge is -2.25. The normalized spacial score (nSPS) is 12.4. The van der Waals surface area contributed by atoms with Crippen molar-refractivity contribution in [3.8, 4) is 0 Å². The average molecular weight is 252 g/mol. The number of carbonyl (C=O) groups excluding carboxylic acids is 1. The van der Waals surface area contributed by atoms with Crippen molar-refractivity contribution >= 4 is 5.97 Å². The van der Waals surface area contributed by atoms with Gasteiger partial charge < -0.3 is 4.74 Å². The van der Waals surface area contributed by atoms with E-state index in [2.05, 4.69) is 6.58 Å². The largest absolute Gasteiger partial charge is 0.456 e. The van der Waals surface area contributed by atoms with Crippen molar-refractivity contribution in [2.75, 3.05) is 0 Å². The summed E-state index contributed by atoms with van der Waals surface area (Å²) in [5.41, 5.74) is -0.463. The number of alkyl halides is 3. The molecule has 0 aromatic heterocycles. The molecule has 0 bridgehead atoms.